The highest BCUT2D eigenvalue weighted by Gasteiger charge is 2.33. The number of carbonyl (C=O) groups is 1. The van der Waals surface area contributed by atoms with Gasteiger partial charge in [0.2, 0.25) is 5.91 Å². The monoisotopic (exact) mass is 477 g/mol. The molecule has 1 unspecified atom stereocenters. The molecule has 4 rings (SSSR count). The number of nitrogens with zero attached hydrogens (tertiary/aromatic N) is 2. The standard InChI is InChI=1S/C22H15ClF3N3O2S/c23-16-6-4-14(5-7-16)18-9-8-17(31-18)12-27-29-21-28-20(30)19(32-21)11-13-2-1-3-15(10-13)22(24,25)26/h1-10,12,19H,11H2,(H,28,29,30)/b27-12+. The van der Waals surface area contributed by atoms with E-state index in [0.29, 0.717) is 22.1 Å². The quantitative estimate of drug-likeness (QED) is 0.374. The highest BCUT2D eigenvalue weighted by atomic mass is 35.5. The van der Waals surface area contributed by atoms with E-state index in [1.165, 1.54) is 12.3 Å². The van der Waals surface area contributed by atoms with E-state index < -0.39 is 17.0 Å². The minimum Gasteiger partial charge on any atom is -0.455 e. The third-order valence-corrected chi connectivity index (χ3v) is 5.87. The number of halogens is 4. The highest BCUT2D eigenvalue weighted by molar-refractivity contribution is 8.15. The molecule has 1 saturated heterocycles. The summed E-state index contributed by atoms with van der Waals surface area (Å²) in [5, 5.41) is 10.8. The topological polar surface area (TPSA) is 67.0 Å². The van der Waals surface area contributed by atoms with Crippen LogP contribution in [0.2, 0.25) is 5.02 Å². The van der Waals surface area contributed by atoms with Crippen LogP contribution in [-0.4, -0.2) is 22.5 Å². The van der Waals surface area contributed by atoms with Crippen molar-refractivity contribution in [2.24, 2.45) is 10.2 Å². The van der Waals surface area contributed by atoms with Crippen LogP contribution in [0.1, 0.15) is 16.9 Å². The molecule has 1 aromatic heterocycles. The number of rotatable bonds is 5. The molecular weight excluding hydrogens is 463 g/mol. The zero-order valence-electron chi connectivity index (χ0n) is 16.3. The Hall–Kier alpha value is -3.04. The van der Waals surface area contributed by atoms with Crippen LogP contribution in [0.5, 0.6) is 0 Å². The van der Waals surface area contributed by atoms with Crippen molar-refractivity contribution in [2.75, 3.05) is 0 Å². The van der Waals surface area contributed by atoms with Crippen LogP contribution in [-0.2, 0) is 17.4 Å². The first kappa shape index (κ1) is 22.2. The van der Waals surface area contributed by atoms with E-state index in [1.54, 1.807) is 30.3 Å². The smallest absolute Gasteiger partial charge is 0.416 e. The van der Waals surface area contributed by atoms with E-state index in [9.17, 15) is 18.0 Å². The van der Waals surface area contributed by atoms with Crippen LogP contribution in [0, 0.1) is 0 Å². The van der Waals surface area contributed by atoms with Gasteiger partial charge in [-0.1, -0.05) is 41.6 Å². The van der Waals surface area contributed by atoms with Gasteiger partial charge in [-0.3, -0.25) is 4.79 Å². The molecule has 0 saturated carbocycles. The van der Waals surface area contributed by atoms with E-state index in [0.717, 1.165) is 29.5 Å². The van der Waals surface area contributed by atoms with Gasteiger partial charge in [0.15, 0.2) is 5.17 Å². The van der Waals surface area contributed by atoms with Crippen molar-refractivity contribution < 1.29 is 22.4 Å². The predicted octanol–water partition coefficient (Wildman–Crippen LogP) is 5.78. The zero-order chi connectivity index (χ0) is 22.7. The van der Waals surface area contributed by atoms with E-state index in [1.807, 2.05) is 12.1 Å². The minimum atomic E-state index is -4.43. The van der Waals surface area contributed by atoms with Crippen LogP contribution in [0.15, 0.2) is 75.3 Å². The molecule has 1 fully saturated rings. The van der Waals surface area contributed by atoms with Crippen LogP contribution in [0.3, 0.4) is 0 Å². The Morgan fingerprint density at radius 3 is 2.66 bits per heavy atom. The Labute approximate surface area is 190 Å². The molecule has 32 heavy (non-hydrogen) atoms. The van der Waals surface area contributed by atoms with Gasteiger partial charge in [-0.25, -0.2) is 0 Å². The molecule has 1 aliphatic rings. The molecule has 1 aliphatic heterocycles. The van der Waals surface area contributed by atoms with Gasteiger partial charge in [0.05, 0.1) is 17.0 Å². The fourth-order valence-corrected chi connectivity index (χ4v) is 4.10. The highest BCUT2D eigenvalue weighted by Crippen LogP contribution is 2.31. The fraction of sp³-hybridized carbons (Fsp3) is 0.136. The summed E-state index contributed by atoms with van der Waals surface area (Å²) < 4.78 is 44.3. The second kappa shape index (κ2) is 9.22. The maximum atomic E-state index is 12.9. The van der Waals surface area contributed by atoms with Crippen molar-refractivity contribution in [2.45, 2.75) is 17.8 Å². The van der Waals surface area contributed by atoms with Crippen molar-refractivity contribution in [3.05, 3.63) is 82.6 Å². The second-order valence-electron chi connectivity index (χ2n) is 6.86. The number of furan rings is 1. The molecule has 5 nitrogen and oxygen atoms in total. The normalized spacial score (nSPS) is 17.9. The Balaban J connectivity index is 1.38. The molecule has 3 aromatic rings. The molecule has 0 radical (unpaired) electrons. The number of benzene rings is 2. The SMILES string of the molecule is O=C1N/C(=N\N=C\c2ccc(-c3ccc(Cl)cc3)o2)SC1Cc1cccc(C(F)(F)F)c1. The van der Waals surface area contributed by atoms with Crippen LogP contribution in [0.25, 0.3) is 11.3 Å². The van der Waals surface area contributed by atoms with Crippen molar-refractivity contribution in [1.82, 2.24) is 5.32 Å². The van der Waals surface area contributed by atoms with Crippen LogP contribution >= 0.6 is 23.4 Å². The first-order valence-corrected chi connectivity index (χ1v) is 10.6. The van der Waals surface area contributed by atoms with Crippen LogP contribution in [0.4, 0.5) is 13.2 Å². The lowest BCUT2D eigenvalue weighted by Crippen LogP contribution is -2.26. The van der Waals surface area contributed by atoms with Gasteiger partial charge in [0, 0.05) is 10.6 Å². The number of alkyl halides is 3. The van der Waals surface area contributed by atoms with Crippen molar-refractivity contribution in [3.8, 4) is 11.3 Å². The Bertz CT molecular complexity index is 1190. The number of thioether (sulfide) groups is 1. The molecule has 1 N–H and O–H groups in total. The average Bonchev–Trinajstić information content (AvgIpc) is 3.35. The number of hydrogen-bond acceptors (Lipinski definition) is 5. The number of carbonyl (C=O) groups excluding carboxylic acids is 1. The van der Waals surface area contributed by atoms with Gasteiger partial charge in [-0.15, -0.1) is 5.10 Å². The predicted molar refractivity (Wildman–Crippen MR) is 119 cm³/mol. The zero-order valence-corrected chi connectivity index (χ0v) is 17.8. The lowest BCUT2D eigenvalue weighted by molar-refractivity contribution is -0.137. The molecule has 10 heteroatoms. The van der Waals surface area contributed by atoms with Gasteiger partial charge in [-0.2, -0.15) is 18.3 Å². The number of amidine groups is 1. The van der Waals surface area contributed by atoms with E-state index in [2.05, 4.69) is 15.5 Å². The Morgan fingerprint density at radius 1 is 1.12 bits per heavy atom. The van der Waals surface area contributed by atoms with Gasteiger partial charge in [0.25, 0.3) is 0 Å². The van der Waals surface area contributed by atoms with Crippen molar-refractivity contribution in [3.63, 3.8) is 0 Å². The summed E-state index contributed by atoms with van der Waals surface area (Å²) in [7, 11) is 0. The molecule has 164 valence electrons. The maximum absolute atomic E-state index is 12.9. The molecule has 0 aliphatic carbocycles. The summed E-state index contributed by atoms with van der Waals surface area (Å²) >= 11 is 7.00. The van der Waals surface area contributed by atoms with Gasteiger partial charge in [0.1, 0.15) is 11.5 Å². The molecule has 0 spiro atoms. The largest absolute Gasteiger partial charge is 0.455 e. The lowest BCUT2D eigenvalue weighted by Gasteiger charge is -2.10. The summed E-state index contributed by atoms with van der Waals surface area (Å²) in [5.74, 6) is 0.777. The third kappa shape index (κ3) is 5.41. The number of nitrogens with one attached hydrogen (secondary N) is 1. The lowest BCUT2D eigenvalue weighted by atomic mass is 10.1. The fourth-order valence-electron chi connectivity index (χ4n) is 3.00. The molecule has 2 heterocycles. The minimum absolute atomic E-state index is 0.145. The molecule has 2 aromatic carbocycles. The van der Waals surface area contributed by atoms with E-state index >= 15 is 0 Å². The molecule has 0 bridgehead atoms. The Morgan fingerprint density at radius 2 is 1.91 bits per heavy atom. The summed E-state index contributed by atoms with van der Waals surface area (Å²) in [6.07, 6.45) is -2.88. The van der Waals surface area contributed by atoms with Crippen molar-refractivity contribution >= 4 is 40.7 Å². The summed E-state index contributed by atoms with van der Waals surface area (Å²) in [4.78, 5) is 12.2. The first-order valence-electron chi connectivity index (χ1n) is 9.38. The van der Waals surface area contributed by atoms with Gasteiger partial charge < -0.3 is 9.73 Å². The van der Waals surface area contributed by atoms with E-state index in [-0.39, 0.29) is 17.5 Å². The van der Waals surface area contributed by atoms with Gasteiger partial charge >= 0.3 is 6.18 Å². The first-order chi connectivity index (χ1) is 15.3. The summed E-state index contributed by atoms with van der Waals surface area (Å²) in [6, 6.07) is 15.6. The van der Waals surface area contributed by atoms with Crippen LogP contribution < -0.4 is 5.32 Å². The second-order valence-corrected chi connectivity index (χ2v) is 8.48. The Kier molecular flexibility index (Phi) is 6.38. The maximum Gasteiger partial charge on any atom is 0.416 e. The number of amides is 1. The number of hydrogen-bond donors (Lipinski definition) is 1. The molecular formula is C22H15ClF3N3O2S. The third-order valence-electron chi connectivity index (χ3n) is 4.54. The molecule has 1 amide bonds. The van der Waals surface area contributed by atoms with E-state index in [4.69, 9.17) is 16.0 Å². The summed E-state index contributed by atoms with van der Waals surface area (Å²) in [6.45, 7) is 0. The summed E-state index contributed by atoms with van der Waals surface area (Å²) in [5.41, 5.74) is 0.535. The average molecular weight is 478 g/mol. The van der Waals surface area contributed by atoms with Gasteiger partial charge in [-0.05, 0) is 54.4 Å². The molecule has 1 atom stereocenters. The van der Waals surface area contributed by atoms with Crippen molar-refractivity contribution in [1.29, 1.82) is 0 Å².